The molecule has 0 amide bonds. The molecule has 24 heavy (non-hydrogen) atoms. The highest BCUT2D eigenvalue weighted by Crippen LogP contribution is 2.25. The summed E-state index contributed by atoms with van der Waals surface area (Å²) in [6.07, 6.45) is 2.53. The van der Waals surface area contributed by atoms with Crippen molar-refractivity contribution in [3.8, 4) is 22.6 Å². The van der Waals surface area contributed by atoms with E-state index >= 15 is 0 Å². The maximum Gasteiger partial charge on any atom is 0.200 e. The van der Waals surface area contributed by atoms with E-state index in [1.54, 1.807) is 19.2 Å². The van der Waals surface area contributed by atoms with Gasteiger partial charge in [-0.1, -0.05) is 19.1 Å². The summed E-state index contributed by atoms with van der Waals surface area (Å²) in [5, 5.41) is 0.541. The molecule has 0 aliphatic carbocycles. The van der Waals surface area contributed by atoms with Gasteiger partial charge in [-0.25, -0.2) is 0 Å². The Morgan fingerprint density at radius 1 is 1.08 bits per heavy atom. The van der Waals surface area contributed by atoms with Gasteiger partial charge in [0.1, 0.15) is 23.3 Å². The van der Waals surface area contributed by atoms with Gasteiger partial charge in [0.15, 0.2) is 5.43 Å². The summed E-state index contributed by atoms with van der Waals surface area (Å²) in [5.74, 6) is 1.45. The molecule has 4 heteroatoms. The van der Waals surface area contributed by atoms with E-state index in [9.17, 15) is 4.79 Å². The van der Waals surface area contributed by atoms with Gasteiger partial charge >= 0.3 is 0 Å². The van der Waals surface area contributed by atoms with Crippen molar-refractivity contribution in [1.29, 1.82) is 0 Å². The SMILES string of the molecule is CCC(C)Oc1ccc2c(=O)c(-c3ccc(OC)cc3)coc2c1. The van der Waals surface area contributed by atoms with Crippen molar-refractivity contribution in [2.45, 2.75) is 26.4 Å². The van der Waals surface area contributed by atoms with Crippen LogP contribution in [0.5, 0.6) is 11.5 Å². The average molecular weight is 324 g/mol. The maximum absolute atomic E-state index is 12.7. The molecule has 0 bridgehead atoms. The largest absolute Gasteiger partial charge is 0.497 e. The summed E-state index contributed by atoms with van der Waals surface area (Å²) in [4.78, 5) is 12.7. The van der Waals surface area contributed by atoms with Gasteiger partial charge in [-0.3, -0.25) is 4.79 Å². The number of hydrogen-bond donors (Lipinski definition) is 0. The number of rotatable bonds is 5. The van der Waals surface area contributed by atoms with Crippen molar-refractivity contribution in [2.75, 3.05) is 7.11 Å². The first kappa shape index (κ1) is 16.1. The smallest absolute Gasteiger partial charge is 0.200 e. The minimum atomic E-state index is -0.0588. The van der Waals surface area contributed by atoms with Crippen LogP contribution in [0, 0.1) is 0 Å². The van der Waals surface area contributed by atoms with Crippen molar-refractivity contribution in [3.05, 3.63) is 59.0 Å². The summed E-state index contributed by atoms with van der Waals surface area (Å²) < 4.78 is 16.6. The molecule has 1 atom stereocenters. The summed E-state index contributed by atoms with van der Waals surface area (Å²) in [6.45, 7) is 4.07. The summed E-state index contributed by atoms with van der Waals surface area (Å²) in [6, 6.07) is 12.7. The van der Waals surface area contributed by atoms with Crippen LogP contribution in [0.15, 0.2) is 57.9 Å². The van der Waals surface area contributed by atoms with E-state index in [0.717, 1.165) is 17.7 Å². The number of fused-ring (bicyclic) bond motifs is 1. The van der Waals surface area contributed by atoms with Gasteiger partial charge in [0.05, 0.1) is 24.2 Å². The summed E-state index contributed by atoms with van der Waals surface area (Å²) in [5.41, 5.74) is 1.79. The van der Waals surface area contributed by atoms with E-state index in [1.165, 1.54) is 6.26 Å². The number of hydrogen-bond acceptors (Lipinski definition) is 4. The second-order valence-corrected chi connectivity index (χ2v) is 5.70. The van der Waals surface area contributed by atoms with Crippen LogP contribution in [0.1, 0.15) is 20.3 Å². The highest BCUT2D eigenvalue weighted by Gasteiger charge is 2.11. The summed E-state index contributed by atoms with van der Waals surface area (Å²) in [7, 11) is 1.61. The van der Waals surface area contributed by atoms with Crippen LogP contribution in [0.3, 0.4) is 0 Å². The molecule has 0 radical (unpaired) electrons. The van der Waals surface area contributed by atoms with Crippen LogP contribution in [-0.2, 0) is 0 Å². The Morgan fingerprint density at radius 3 is 2.46 bits per heavy atom. The van der Waals surface area contributed by atoms with E-state index < -0.39 is 0 Å². The lowest BCUT2D eigenvalue weighted by atomic mass is 10.1. The molecule has 1 heterocycles. The zero-order valence-electron chi connectivity index (χ0n) is 14.0. The molecule has 3 aromatic rings. The zero-order valence-corrected chi connectivity index (χ0v) is 14.0. The Balaban J connectivity index is 2.01. The first-order valence-corrected chi connectivity index (χ1v) is 7.99. The molecular weight excluding hydrogens is 304 g/mol. The molecular formula is C20H20O4. The van der Waals surface area contributed by atoms with Crippen molar-refractivity contribution in [3.63, 3.8) is 0 Å². The molecule has 2 aromatic carbocycles. The second kappa shape index (κ2) is 6.79. The third-order valence-corrected chi connectivity index (χ3v) is 4.06. The maximum atomic E-state index is 12.7. The second-order valence-electron chi connectivity index (χ2n) is 5.70. The minimum absolute atomic E-state index is 0.0588. The number of benzene rings is 2. The van der Waals surface area contributed by atoms with Gasteiger partial charge in [0.2, 0.25) is 0 Å². The van der Waals surface area contributed by atoms with Gasteiger partial charge in [0, 0.05) is 6.07 Å². The van der Waals surface area contributed by atoms with Crippen LogP contribution in [0.25, 0.3) is 22.1 Å². The normalized spacial score (nSPS) is 12.1. The molecule has 3 rings (SSSR count). The van der Waals surface area contributed by atoms with Crippen LogP contribution in [0.4, 0.5) is 0 Å². The van der Waals surface area contributed by atoms with Crippen molar-refractivity contribution in [1.82, 2.24) is 0 Å². The van der Waals surface area contributed by atoms with Crippen molar-refractivity contribution < 1.29 is 13.9 Å². The third-order valence-electron chi connectivity index (χ3n) is 4.06. The monoisotopic (exact) mass is 324 g/mol. The Hall–Kier alpha value is -2.75. The van der Waals surface area contributed by atoms with Gasteiger partial charge < -0.3 is 13.9 Å². The van der Waals surface area contributed by atoms with E-state index in [-0.39, 0.29) is 11.5 Å². The first-order chi connectivity index (χ1) is 11.6. The van der Waals surface area contributed by atoms with E-state index in [4.69, 9.17) is 13.9 Å². The molecule has 1 aromatic heterocycles. The average Bonchev–Trinajstić information content (AvgIpc) is 2.62. The molecule has 0 saturated carbocycles. The minimum Gasteiger partial charge on any atom is -0.497 e. The fraction of sp³-hybridized carbons (Fsp3) is 0.250. The lowest BCUT2D eigenvalue weighted by Crippen LogP contribution is -2.10. The van der Waals surface area contributed by atoms with Gasteiger partial charge in [-0.15, -0.1) is 0 Å². The number of ether oxygens (including phenoxy) is 2. The predicted molar refractivity (Wildman–Crippen MR) is 94.9 cm³/mol. The topological polar surface area (TPSA) is 48.7 Å². The highest BCUT2D eigenvalue weighted by atomic mass is 16.5. The molecule has 124 valence electrons. The standard InChI is InChI=1S/C20H20O4/c1-4-13(2)24-16-9-10-17-19(11-16)23-12-18(20(17)21)14-5-7-15(22-3)8-6-14/h5-13H,4H2,1-3H3. The van der Waals surface area contributed by atoms with Crippen LogP contribution >= 0.6 is 0 Å². The molecule has 0 aliphatic rings. The Kier molecular flexibility index (Phi) is 4.56. The predicted octanol–water partition coefficient (Wildman–Crippen LogP) is 4.65. The molecule has 0 saturated heterocycles. The van der Waals surface area contributed by atoms with Crippen molar-refractivity contribution >= 4 is 11.0 Å². The highest BCUT2D eigenvalue weighted by molar-refractivity contribution is 5.82. The molecule has 0 spiro atoms. The van der Waals surface area contributed by atoms with Crippen molar-refractivity contribution in [2.24, 2.45) is 0 Å². The van der Waals surface area contributed by atoms with E-state index in [2.05, 4.69) is 6.92 Å². The van der Waals surface area contributed by atoms with Gasteiger partial charge in [-0.05, 0) is 43.2 Å². The van der Waals surface area contributed by atoms with Crippen LogP contribution in [0.2, 0.25) is 0 Å². The summed E-state index contributed by atoms with van der Waals surface area (Å²) >= 11 is 0. The zero-order chi connectivity index (χ0) is 17.1. The van der Waals surface area contributed by atoms with Crippen LogP contribution < -0.4 is 14.9 Å². The van der Waals surface area contributed by atoms with Gasteiger partial charge in [-0.2, -0.15) is 0 Å². The lowest BCUT2D eigenvalue weighted by molar-refractivity contribution is 0.217. The number of methoxy groups -OCH3 is 1. The lowest BCUT2D eigenvalue weighted by Gasteiger charge is -2.12. The molecule has 0 aliphatic heterocycles. The van der Waals surface area contributed by atoms with Gasteiger partial charge in [0.25, 0.3) is 0 Å². The third kappa shape index (κ3) is 3.13. The molecule has 4 nitrogen and oxygen atoms in total. The molecule has 0 fully saturated rings. The van der Waals surface area contributed by atoms with E-state index in [0.29, 0.717) is 22.3 Å². The molecule has 0 N–H and O–H groups in total. The Labute approximate surface area is 140 Å². The quantitative estimate of drug-likeness (QED) is 0.685. The Morgan fingerprint density at radius 2 is 1.79 bits per heavy atom. The van der Waals surface area contributed by atoms with E-state index in [1.807, 2.05) is 37.3 Å². The fourth-order valence-electron chi connectivity index (χ4n) is 2.47. The first-order valence-electron chi connectivity index (χ1n) is 7.99. The fourth-order valence-corrected chi connectivity index (χ4v) is 2.47. The van der Waals surface area contributed by atoms with Crippen LogP contribution in [-0.4, -0.2) is 13.2 Å². The Bertz CT molecular complexity index is 894. The molecule has 1 unspecified atom stereocenters.